The predicted molar refractivity (Wildman–Crippen MR) is 44.4 cm³/mol. The molecule has 1 aromatic rings. The number of carbonyl (C=O) groups excluding carboxylic acids is 1. The van der Waals surface area contributed by atoms with Crippen molar-refractivity contribution in [1.29, 1.82) is 0 Å². The van der Waals surface area contributed by atoms with Crippen LogP contribution in [0.5, 0.6) is 0 Å². The summed E-state index contributed by atoms with van der Waals surface area (Å²) >= 11 is 0. The molecule has 1 unspecified atom stereocenters. The molecule has 0 spiro atoms. The number of nitrogens with zero attached hydrogens (tertiary/aromatic N) is 2. The molecule has 7 heteroatoms. The summed E-state index contributed by atoms with van der Waals surface area (Å²) in [4.78, 5) is 14.4. The van der Waals surface area contributed by atoms with Crippen molar-refractivity contribution in [2.24, 2.45) is 0 Å². The number of Topliss-reactive ketones (excluding diaryl/α,β-unsaturated/α-hetero) is 1. The van der Waals surface area contributed by atoms with Gasteiger partial charge < -0.3 is 9.26 Å². The Morgan fingerprint density at radius 1 is 1.60 bits per heavy atom. The van der Waals surface area contributed by atoms with Crippen LogP contribution in [0.25, 0.3) is 0 Å². The predicted octanol–water partition coefficient (Wildman–Crippen LogP) is 1.15. The van der Waals surface area contributed by atoms with Crippen LogP contribution in [0.1, 0.15) is 24.7 Å². The highest BCUT2D eigenvalue weighted by Gasteiger charge is 2.20. The van der Waals surface area contributed by atoms with Gasteiger partial charge in [-0.3, -0.25) is 4.79 Å². The summed E-state index contributed by atoms with van der Waals surface area (Å²) in [5.41, 5.74) is 0. The number of ether oxygens (including phenoxy) is 1. The Bertz CT molecular complexity index is 340. The smallest absolute Gasteiger partial charge is 0.296 e. The minimum atomic E-state index is -3.01. The Morgan fingerprint density at radius 2 is 2.27 bits per heavy atom. The van der Waals surface area contributed by atoms with Crippen molar-refractivity contribution in [1.82, 2.24) is 10.1 Å². The maximum atomic E-state index is 11.9. The lowest BCUT2D eigenvalue weighted by atomic mass is 10.3. The Kier molecular flexibility index (Phi) is 3.84. The molecule has 0 aliphatic heterocycles. The molecule has 1 aromatic heterocycles. The minimum absolute atomic E-state index is 0.126. The third kappa shape index (κ3) is 3.05. The molecule has 5 nitrogen and oxygen atoms in total. The molecule has 0 saturated carbocycles. The van der Waals surface area contributed by atoms with Gasteiger partial charge in [0.25, 0.3) is 6.43 Å². The number of ketones is 1. The number of methoxy groups -OCH3 is 1. The van der Waals surface area contributed by atoms with Gasteiger partial charge in [-0.05, 0) is 6.92 Å². The Morgan fingerprint density at radius 3 is 2.80 bits per heavy atom. The molecule has 0 radical (unpaired) electrons. The molecular weight excluding hydrogens is 210 g/mol. The Labute approximate surface area is 84.4 Å². The van der Waals surface area contributed by atoms with E-state index in [1.165, 1.54) is 7.11 Å². The molecule has 15 heavy (non-hydrogen) atoms. The molecule has 1 heterocycles. The first-order chi connectivity index (χ1) is 7.04. The van der Waals surface area contributed by atoms with Crippen molar-refractivity contribution in [2.45, 2.75) is 25.9 Å². The van der Waals surface area contributed by atoms with Gasteiger partial charge in [-0.25, -0.2) is 8.78 Å². The zero-order valence-corrected chi connectivity index (χ0v) is 8.24. The van der Waals surface area contributed by atoms with Gasteiger partial charge in [-0.15, -0.1) is 0 Å². The van der Waals surface area contributed by atoms with Crippen LogP contribution < -0.4 is 0 Å². The van der Waals surface area contributed by atoms with Crippen LogP contribution in [-0.2, 0) is 16.0 Å². The van der Waals surface area contributed by atoms with Crippen LogP contribution in [0.4, 0.5) is 8.78 Å². The molecule has 0 aliphatic carbocycles. The lowest BCUT2D eigenvalue weighted by Gasteiger charge is -2.00. The average Bonchev–Trinajstić information content (AvgIpc) is 2.65. The van der Waals surface area contributed by atoms with E-state index in [2.05, 4.69) is 14.7 Å². The SMILES string of the molecule is COC(C)c1noc(CC(=O)C(F)F)n1. The molecule has 84 valence electrons. The monoisotopic (exact) mass is 220 g/mol. The molecular formula is C8H10F2N2O3. The number of rotatable bonds is 5. The zero-order valence-electron chi connectivity index (χ0n) is 8.24. The summed E-state index contributed by atoms with van der Waals surface area (Å²) in [7, 11) is 1.45. The first-order valence-electron chi connectivity index (χ1n) is 4.20. The van der Waals surface area contributed by atoms with Crippen molar-refractivity contribution in [2.75, 3.05) is 7.11 Å². The van der Waals surface area contributed by atoms with Gasteiger partial charge in [-0.2, -0.15) is 4.98 Å². The standard InChI is InChI=1S/C8H10F2N2O3/c1-4(14-2)8-11-6(15-12-8)3-5(13)7(9)10/h4,7H,3H2,1-2H3. The molecule has 0 aliphatic rings. The van der Waals surface area contributed by atoms with E-state index in [1.807, 2.05) is 0 Å². The van der Waals surface area contributed by atoms with Gasteiger partial charge in [0.05, 0.1) is 6.42 Å². The molecule has 1 rings (SSSR count). The average molecular weight is 220 g/mol. The van der Waals surface area contributed by atoms with E-state index in [1.54, 1.807) is 6.92 Å². The third-order valence-electron chi connectivity index (χ3n) is 1.77. The highest BCUT2D eigenvalue weighted by molar-refractivity contribution is 5.82. The zero-order chi connectivity index (χ0) is 11.4. The Balaban J connectivity index is 2.64. The number of hydrogen-bond donors (Lipinski definition) is 0. The summed E-state index contributed by atoms with van der Waals surface area (Å²) in [5.74, 6) is -1.14. The molecule has 0 aromatic carbocycles. The van der Waals surface area contributed by atoms with Crippen molar-refractivity contribution in [3.05, 3.63) is 11.7 Å². The van der Waals surface area contributed by atoms with E-state index in [4.69, 9.17) is 4.74 Å². The largest absolute Gasteiger partial charge is 0.374 e. The van der Waals surface area contributed by atoms with Crippen LogP contribution in [0.15, 0.2) is 4.52 Å². The van der Waals surface area contributed by atoms with E-state index in [0.717, 1.165) is 0 Å². The van der Waals surface area contributed by atoms with Crippen LogP contribution in [0.3, 0.4) is 0 Å². The van der Waals surface area contributed by atoms with Crippen molar-refractivity contribution in [3.63, 3.8) is 0 Å². The molecule has 0 bridgehead atoms. The second-order valence-electron chi connectivity index (χ2n) is 2.87. The van der Waals surface area contributed by atoms with Crippen LogP contribution in [0, 0.1) is 0 Å². The minimum Gasteiger partial charge on any atom is -0.374 e. The van der Waals surface area contributed by atoms with Gasteiger partial charge in [0, 0.05) is 7.11 Å². The van der Waals surface area contributed by atoms with E-state index in [0.29, 0.717) is 0 Å². The van der Waals surface area contributed by atoms with Crippen molar-refractivity contribution >= 4 is 5.78 Å². The summed E-state index contributed by atoms with van der Waals surface area (Å²) in [6, 6.07) is 0. The van der Waals surface area contributed by atoms with Crippen LogP contribution in [0.2, 0.25) is 0 Å². The first-order valence-corrected chi connectivity index (χ1v) is 4.20. The fraction of sp³-hybridized carbons (Fsp3) is 0.625. The van der Waals surface area contributed by atoms with E-state index >= 15 is 0 Å². The van der Waals surface area contributed by atoms with Crippen molar-refractivity contribution in [3.8, 4) is 0 Å². The highest BCUT2D eigenvalue weighted by Crippen LogP contribution is 2.12. The first kappa shape index (κ1) is 11.7. The van der Waals surface area contributed by atoms with Gasteiger partial charge in [0.2, 0.25) is 11.7 Å². The maximum absolute atomic E-state index is 11.9. The molecule has 0 N–H and O–H groups in total. The van der Waals surface area contributed by atoms with Crippen LogP contribution in [-0.4, -0.2) is 29.5 Å². The number of aromatic nitrogens is 2. The number of halogens is 2. The van der Waals surface area contributed by atoms with E-state index in [9.17, 15) is 13.6 Å². The normalized spacial score (nSPS) is 13.1. The summed E-state index contributed by atoms with van der Waals surface area (Å²) in [5, 5.41) is 3.49. The lowest BCUT2D eigenvalue weighted by molar-refractivity contribution is -0.129. The second-order valence-corrected chi connectivity index (χ2v) is 2.87. The maximum Gasteiger partial charge on any atom is 0.296 e. The molecule has 0 saturated heterocycles. The summed E-state index contributed by atoms with van der Waals surface area (Å²) in [6.45, 7) is 1.67. The molecule has 0 fully saturated rings. The van der Waals surface area contributed by atoms with E-state index < -0.39 is 24.7 Å². The van der Waals surface area contributed by atoms with Gasteiger partial charge in [0.1, 0.15) is 6.10 Å². The van der Waals surface area contributed by atoms with Gasteiger partial charge >= 0.3 is 0 Å². The molecule has 0 amide bonds. The summed E-state index contributed by atoms with van der Waals surface area (Å²) in [6.07, 6.45) is -3.97. The van der Waals surface area contributed by atoms with Crippen molar-refractivity contribution < 1.29 is 22.8 Å². The fourth-order valence-electron chi connectivity index (χ4n) is 0.837. The summed E-state index contributed by atoms with van der Waals surface area (Å²) < 4.78 is 33.3. The van der Waals surface area contributed by atoms with Gasteiger partial charge in [0.15, 0.2) is 5.82 Å². The fourth-order valence-corrected chi connectivity index (χ4v) is 0.837. The quantitative estimate of drug-likeness (QED) is 0.744. The second kappa shape index (κ2) is 4.92. The number of hydrogen-bond acceptors (Lipinski definition) is 5. The third-order valence-corrected chi connectivity index (χ3v) is 1.77. The van der Waals surface area contributed by atoms with Crippen LogP contribution >= 0.6 is 0 Å². The molecule has 1 atom stereocenters. The Hall–Kier alpha value is -1.37. The lowest BCUT2D eigenvalue weighted by Crippen LogP contribution is -2.13. The number of carbonyl (C=O) groups is 1. The van der Waals surface area contributed by atoms with E-state index in [-0.39, 0.29) is 11.7 Å². The topological polar surface area (TPSA) is 65.2 Å². The number of alkyl halides is 2. The highest BCUT2D eigenvalue weighted by atomic mass is 19.3. The van der Waals surface area contributed by atoms with Gasteiger partial charge in [-0.1, -0.05) is 5.16 Å².